The van der Waals surface area contributed by atoms with Crippen LogP contribution < -0.4 is 10.1 Å². The lowest BCUT2D eigenvalue weighted by molar-refractivity contribution is 0.301. The van der Waals surface area contributed by atoms with Crippen LogP contribution in [0.15, 0.2) is 18.2 Å². The molecule has 1 N–H and O–H groups in total. The summed E-state index contributed by atoms with van der Waals surface area (Å²) in [5.41, 5.74) is 2.09. The topological polar surface area (TPSA) is 34.1 Å². The number of thiazole rings is 1. The van der Waals surface area contributed by atoms with Gasteiger partial charge in [-0.15, -0.1) is 11.3 Å². The normalized spacial score (nSPS) is 10.9. The molecule has 2 aromatic rings. The largest absolute Gasteiger partial charge is 0.486 e. The Morgan fingerprint density at radius 2 is 2.14 bits per heavy atom. The maximum absolute atomic E-state index is 6.29. The maximum Gasteiger partial charge on any atom is 0.140 e. The molecule has 0 fully saturated rings. The Hall–Kier alpha value is -1.10. The van der Waals surface area contributed by atoms with Gasteiger partial charge in [0.25, 0.3) is 0 Å². The van der Waals surface area contributed by atoms with Gasteiger partial charge in [0.1, 0.15) is 17.4 Å². The average molecular weight is 325 g/mol. The second-order valence-corrected chi connectivity index (χ2v) is 6.63. The molecule has 0 unspecified atom stereocenters. The van der Waals surface area contributed by atoms with Crippen LogP contribution in [0.3, 0.4) is 0 Å². The molecule has 114 valence electrons. The highest BCUT2D eigenvalue weighted by Gasteiger charge is 2.10. The molecule has 2 rings (SSSR count). The number of nitrogens with one attached hydrogen (secondary N) is 1. The third-order valence-electron chi connectivity index (χ3n) is 3.23. The lowest BCUT2D eigenvalue weighted by atomic mass is 10.2. The third kappa shape index (κ3) is 4.43. The van der Waals surface area contributed by atoms with Crippen molar-refractivity contribution in [2.75, 3.05) is 6.54 Å². The van der Waals surface area contributed by atoms with Crippen LogP contribution >= 0.6 is 22.9 Å². The van der Waals surface area contributed by atoms with Crippen LogP contribution in [-0.4, -0.2) is 11.5 Å². The molecule has 0 radical (unpaired) electrons. The van der Waals surface area contributed by atoms with Crippen LogP contribution in [0.2, 0.25) is 5.02 Å². The highest BCUT2D eigenvalue weighted by atomic mass is 35.5. The van der Waals surface area contributed by atoms with Crippen molar-refractivity contribution in [3.05, 3.63) is 44.4 Å². The molecule has 0 aliphatic heterocycles. The van der Waals surface area contributed by atoms with E-state index in [0.717, 1.165) is 46.5 Å². The number of benzene rings is 1. The number of aryl methyl sites for hydroxylation is 2. The molecule has 0 amide bonds. The average Bonchev–Trinajstić information content (AvgIpc) is 2.78. The summed E-state index contributed by atoms with van der Waals surface area (Å²) in [7, 11) is 0. The van der Waals surface area contributed by atoms with Crippen LogP contribution in [0.5, 0.6) is 5.75 Å². The van der Waals surface area contributed by atoms with Crippen molar-refractivity contribution in [1.82, 2.24) is 10.3 Å². The minimum atomic E-state index is 0.487. The zero-order chi connectivity index (χ0) is 15.2. The van der Waals surface area contributed by atoms with E-state index in [2.05, 4.69) is 24.1 Å². The van der Waals surface area contributed by atoms with E-state index in [9.17, 15) is 0 Å². The Morgan fingerprint density at radius 1 is 1.33 bits per heavy atom. The highest BCUT2D eigenvalue weighted by molar-refractivity contribution is 7.11. The molecule has 0 atom stereocenters. The van der Waals surface area contributed by atoms with Gasteiger partial charge in [0, 0.05) is 22.0 Å². The molecule has 3 nitrogen and oxygen atoms in total. The molecule has 0 bridgehead atoms. The van der Waals surface area contributed by atoms with Gasteiger partial charge in [-0.1, -0.05) is 24.6 Å². The summed E-state index contributed by atoms with van der Waals surface area (Å²) in [6, 6.07) is 5.77. The van der Waals surface area contributed by atoms with E-state index in [4.69, 9.17) is 16.3 Å². The number of halogens is 1. The molecule has 0 saturated carbocycles. The van der Waals surface area contributed by atoms with Crippen LogP contribution in [0, 0.1) is 13.8 Å². The Labute approximate surface area is 135 Å². The number of hydrogen-bond donors (Lipinski definition) is 1. The number of nitrogens with zero attached hydrogens (tertiary/aromatic N) is 1. The number of hydrogen-bond acceptors (Lipinski definition) is 4. The lowest BCUT2D eigenvalue weighted by Crippen LogP contribution is -2.15. The van der Waals surface area contributed by atoms with E-state index in [1.165, 1.54) is 4.88 Å². The Bertz CT molecular complexity index is 578. The molecule has 0 aliphatic rings. The first kappa shape index (κ1) is 16.3. The van der Waals surface area contributed by atoms with Crippen molar-refractivity contribution >= 4 is 22.9 Å². The van der Waals surface area contributed by atoms with E-state index in [1.807, 2.05) is 25.1 Å². The summed E-state index contributed by atoms with van der Waals surface area (Å²) < 4.78 is 5.93. The molecule has 5 heteroatoms. The Kier molecular flexibility index (Phi) is 6.03. The van der Waals surface area contributed by atoms with E-state index >= 15 is 0 Å². The van der Waals surface area contributed by atoms with Gasteiger partial charge in [-0.25, -0.2) is 4.98 Å². The Balaban J connectivity index is 2.06. The summed E-state index contributed by atoms with van der Waals surface area (Å²) in [5, 5.41) is 5.10. The van der Waals surface area contributed by atoms with Gasteiger partial charge in [-0.3, -0.25) is 0 Å². The van der Waals surface area contributed by atoms with Crippen LogP contribution in [0.4, 0.5) is 0 Å². The first-order chi connectivity index (χ1) is 10.1. The minimum Gasteiger partial charge on any atom is -0.486 e. The second-order valence-electron chi connectivity index (χ2n) is 4.93. The predicted octanol–water partition coefficient (Wildman–Crippen LogP) is 4.49. The van der Waals surface area contributed by atoms with Crippen molar-refractivity contribution in [2.24, 2.45) is 0 Å². The minimum absolute atomic E-state index is 0.487. The van der Waals surface area contributed by atoms with Gasteiger partial charge < -0.3 is 10.1 Å². The zero-order valence-electron chi connectivity index (χ0n) is 12.7. The fourth-order valence-corrected chi connectivity index (χ4v) is 3.06. The van der Waals surface area contributed by atoms with Crippen molar-refractivity contribution in [1.29, 1.82) is 0 Å². The summed E-state index contributed by atoms with van der Waals surface area (Å²) in [6.45, 7) is 8.42. The molecule has 0 spiro atoms. The molecule has 0 saturated heterocycles. The zero-order valence-corrected chi connectivity index (χ0v) is 14.3. The predicted molar refractivity (Wildman–Crippen MR) is 89.4 cm³/mol. The molecular formula is C16H21ClN2OS. The summed E-state index contributed by atoms with van der Waals surface area (Å²) in [6.07, 6.45) is 1.10. The molecule has 1 aromatic carbocycles. The van der Waals surface area contributed by atoms with Crippen LogP contribution in [0.25, 0.3) is 0 Å². The van der Waals surface area contributed by atoms with E-state index in [-0.39, 0.29) is 0 Å². The molecule has 1 heterocycles. The van der Waals surface area contributed by atoms with E-state index in [0.29, 0.717) is 6.61 Å². The fraction of sp³-hybridized carbons (Fsp3) is 0.438. The van der Waals surface area contributed by atoms with Gasteiger partial charge in [-0.2, -0.15) is 0 Å². The SMILES string of the molecule is CCCNCc1c(Cl)cccc1OCc1nc(C)c(C)s1. The quantitative estimate of drug-likeness (QED) is 0.762. The van der Waals surface area contributed by atoms with Gasteiger partial charge in [0.2, 0.25) is 0 Å². The van der Waals surface area contributed by atoms with Gasteiger partial charge in [-0.05, 0) is 38.9 Å². The molecular weight excluding hydrogens is 304 g/mol. The standard InChI is InChI=1S/C16H21ClN2OS/c1-4-8-18-9-13-14(17)6-5-7-15(13)20-10-16-19-11(2)12(3)21-16/h5-7,18H,4,8-10H2,1-3H3. The molecule has 0 aliphatic carbocycles. The summed E-state index contributed by atoms with van der Waals surface area (Å²) in [4.78, 5) is 5.74. The summed E-state index contributed by atoms with van der Waals surface area (Å²) in [5.74, 6) is 0.830. The maximum atomic E-state index is 6.29. The van der Waals surface area contributed by atoms with Crippen LogP contribution in [-0.2, 0) is 13.2 Å². The van der Waals surface area contributed by atoms with Crippen LogP contribution in [0.1, 0.15) is 34.5 Å². The summed E-state index contributed by atoms with van der Waals surface area (Å²) >= 11 is 7.97. The highest BCUT2D eigenvalue weighted by Crippen LogP contribution is 2.27. The first-order valence-electron chi connectivity index (χ1n) is 7.15. The van der Waals surface area contributed by atoms with Crippen molar-refractivity contribution in [2.45, 2.75) is 40.3 Å². The van der Waals surface area contributed by atoms with Crippen molar-refractivity contribution in [3.8, 4) is 5.75 Å². The van der Waals surface area contributed by atoms with Gasteiger partial charge in [0.05, 0.1) is 5.69 Å². The van der Waals surface area contributed by atoms with E-state index in [1.54, 1.807) is 11.3 Å². The fourth-order valence-electron chi connectivity index (χ4n) is 1.98. The first-order valence-corrected chi connectivity index (χ1v) is 8.35. The number of ether oxygens (including phenoxy) is 1. The lowest BCUT2D eigenvalue weighted by Gasteiger charge is -2.12. The van der Waals surface area contributed by atoms with Gasteiger partial charge in [0.15, 0.2) is 0 Å². The smallest absolute Gasteiger partial charge is 0.140 e. The second kappa shape index (κ2) is 7.78. The molecule has 21 heavy (non-hydrogen) atoms. The number of aromatic nitrogens is 1. The van der Waals surface area contributed by atoms with Crippen molar-refractivity contribution < 1.29 is 4.74 Å². The van der Waals surface area contributed by atoms with E-state index < -0.39 is 0 Å². The third-order valence-corrected chi connectivity index (χ3v) is 4.63. The molecule has 1 aromatic heterocycles. The van der Waals surface area contributed by atoms with Gasteiger partial charge >= 0.3 is 0 Å². The Morgan fingerprint density at radius 3 is 2.81 bits per heavy atom. The monoisotopic (exact) mass is 324 g/mol. The number of rotatable bonds is 7. The van der Waals surface area contributed by atoms with Crippen molar-refractivity contribution in [3.63, 3.8) is 0 Å².